The first-order chi connectivity index (χ1) is 12.5. The highest BCUT2D eigenvalue weighted by atomic mass is 16.4. The third-order valence-electron chi connectivity index (χ3n) is 4.76. The maximum atomic E-state index is 12.6. The number of benzene rings is 1. The number of aliphatic carboxylic acids is 1. The molecule has 136 valence electrons. The van der Waals surface area contributed by atoms with Crippen LogP contribution in [0, 0.1) is 6.92 Å². The number of H-pyrrole nitrogens is 1. The van der Waals surface area contributed by atoms with Crippen LogP contribution >= 0.6 is 0 Å². The topological polar surface area (TPSA) is 83.1 Å². The van der Waals surface area contributed by atoms with Crippen molar-refractivity contribution in [2.45, 2.75) is 51.9 Å². The lowest BCUT2D eigenvalue weighted by molar-refractivity contribution is -0.136. The molecule has 1 aromatic heterocycles. The van der Waals surface area contributed by atoms with E-state index in [2.05, 4.69) is 22.1 Å². The van der Waals surface area contributed by atoms with Gasteiger partial charge in [-0.3, -0.25) is 9.59 Å². The van der Waals surface area contributed by atoms with Gasteiger partial charge in [0.25, 0.3) is 0 Å². The summed E-state index contributed by atoms with van der Waals surface area (Å²) in [5.74, 6) is -0.439. The molecule has 0 aliphatic heterocycles. The summed E-state index contributed by atoms with van der Waals surface area (Å²) in [4.78, 5) is 30.6. The normalized spacial score (nSPS) is 14.1. The summed E-state index contributed by atoms with van der Waals surface area (Å²) < 4.78 is 0. The summed E-state index contributed by atoms with van der Waals surface area (Å²) >= 11 is 0. The molecule has 1 heterocycles. The molecule has 2 N–H and O–H groups in total. The van der Waals surface area contributed by atoms with Crippen molar-refractivity contribution in [1.29, 1.82) is 0 Å². The van der Waals surface area contributed by atoms with E-state index in [0.29, 0.717) is 18.7 Å². The van der Waals surface area contributed by atoms with Crippen molar-refractivity contribution < 1.29 is 14.7 Å². The van der Waals surface area contributed by atoms with Crippen LogP contribution < -0.4 is 0 Å². The van der Waals surface area contributed by atoms with E-state index >= 15 is 0 Å². The van der Waals surface area contributed by atoms with Crippen molar-refractivity contribution in [3.8, 4) is 0 Å². The van der Waals surface area contributed by atoms with Gasteiger partial charge in [-0.1, -0.05) is 24.3 Å². The number of hydrogen-bond acceptors (Lipinski definition) is 3. The van der Waals surface area contributed by atoms with Crippen LogP contribution in [-0.4, -0.2) is 26.8 Å². The number of nitrogens with zero attached hydrogens (tertiary/aromatic N) is 1. The third kappa shape index (κ3) is 4.48. The number of nitrogens with one attached hydrogen (secondary N) is 1. The fraction of sp³-hybridized carbons (Fsp3) is 0.381. The molecule has 0 amide bonds. The van der Waals surface area contributed by atoms with Crippen LogP contribution in [-0.2, 0) is 17.6 Å². The predicted octanol–water partition coefficient (Wildman–Crippen LogP) is 4.12. The Labute approximate surface area is 153 Å². The number of carbonyl (C=O) groups excluding carboxylic acids is 1. The third-order valence-corrected chi connectivity index (χ3v) is 4.76. The van der Waals surface area contributed by atoms with Crippen molar-refractivity contribution in [1.82, 2.24) is 9.97 Å². The van der Waals surface area contributed by atoms with Crippen LogP contribution in [0.1, 0.15) is 65.1 Å². The number of imidazole rings is 1. The zero-order valence-corrected chi connectivity index (χ0v) is 15.0. The molecule has 0 saturated heterocycles. The molecular weight excluding hydrogens is 328 g/mol. The number of Topliss-reactive ketones (excluding diaryl/α,β-unsaturated/α-hetero) is 1. The van der Waals surface area contributed by atoms with Crippen LogP contribution in [0.25, 0.3) is 5.57 Å². The summed E-state index contributed by atoms with van der Waals surface area (Å²) in [6.07, 6.45) is 9.22. The highest BCUT2D eigenvalue weighted by molar-refractivity contribution is 5.95. The van der Waals surface area contributed by atoms with E-state index in [9.17, 15) is 9.59 Å². The van der Waals surface area contributed by atoms with Gasteiger partial charge in [0.1, 0.15) is 0 Å². The summed E-state index contributed by atoms with van der Waals surface area (Å²) in [5, 5.41) is 8.93. The Hall–Kier alpha value is -2.69. The van der Waals surface area contributed by atoms with E-state index in [4.69, 9.17) is 5.11 Å². The predicted molar refractivity (Wildman–Crippen MR) is 100 cm³/mol. The molecule has 5 nitrogen and oxygen atoms in total. The van der Waals surface area contributed by atoms with Crippen LogP contribution in [0.4, 0.5) is 0 Å². The number of aryl methyl sites for hydroxylation is 2. The average molecular weight is 352 g/mol. The fourth-order valence-corrected chi connectivity index (χ4v) is 3.38. The Balaban J connectivity index is 1.88. The van der Waals surface area contributed by atoms with E-state index in [1.165, 1.54) is 12.0 Å². The molecule has 0 spiro atoms. The molecule has 0 unspecified atom stereocenters. The number of aromatic amines is 1. The van der Waals surface area contributed by atoms with Crippen LogP contribution in [0.2, 0.25) is 0 Å². The number of allylic oxidation sites excluding steroid dienone is 2. The molecular formula is C21H24N2O3. The molecule has 0 saturated carbocycles. The first kappa shape index (κ1) is 18.1. The van der Waals surface area contributed by atoms with E-state index < -0.39 is 5.97 Å². The molecule has 0 atom stereocenters. The highest BCUT2D eigenvalue weighted by Crippen LogP contribution is 2.30. The van der Waals surface area contributed by atoms with E-state index in [1.807, 2.05) is 19.1 Å². The lowest BCUT2D eigenvalue weighted by Crippen LogP contribution is -2.09. The lowest BCUT2D eigenvalue weighted by atomic mass is 9.87. The number of carboxylic acid groups (broad SMARTS) is 1. The number of rotatable bonds is 7. The minimum atomic E-state index is -0.795. The van der Waals surface area contributed by atoms with Gasteiger partial charge >= 0.3 is 5.97 Å². The maximum absolute atomic E-state index is 12.6. The van der Waals surface area contributed by atoms with Crippen molar-refractivity contribution in [3.63, 3.8) is 0 Å². The van der Waals surface area contributed by atoms with Gasteiger partial charge in [-0.2, -0.15) is 0 Å². The molecule has 2 aromatic rings. The second-order valence-corrected chi connectivity index (χ2v) is 6.88. The molecule has 26 heavy (non-hydrogen) atoms. The SMILES string of the molecule is Cc1cnc(C(=O)Cc2ccc(CCC(=O)O)cc2C2=CCCCC2)[nH]1. The Morgan fingerprint density at radius 1 is 1.27 bits per heavy atom. The quantitative estimate of drug-likeness (QED) is 0.734. The zero-order valence-electron chi connectivity index (χ0n) is 15.0. The Morgan fingerprint density at radius 2 is 2.12 bits per heavy atom. The van der Waals surface area contributed by atoms with Crippen LogP contribution in [0.5, 0.6) is 0 Å². The van der Waals surface area contributed by atoms with Crippen molar-refractivity contribution in [2.24, 2.45) is 0 Å². The van der Waals surface area contributed by atoms with Gasteiger partial charge in [0.05, 0.1) is 0 Å². The summed E-state index contributed by atoms with van der Waals surface area (Å²) in [6.45, 7) is 1.87. The molecule has 1 aliphatic rings. The first-order valence-corrected chi connectivity index (χ1v) is 9.11. The molecule has 3 rings (SSSR count). The summed E-state index contributed by atoms with van der Waals surface area (Å²) in [7, 11) is 0. The average Bonchev–Trinajstić information content (AvgIpc) is 3.08. The van der Waals surface area contributed by atoms with Gasteiger partial charge in [-0.05, 0) is 61.3 Å². The summed E-state index contributed by atoms with van der Waals surface area (Å²) in [5.41, 5.74) is 5.21. The highest BCUT2D eigenvalue weighted by Gasteiger charge is 2.17. The van der Waals surface area contributed by atoms with Crippen LogP contribution in [0.15, 0.2) is 30.5 Å². The van der Waals surface area contributed by atoms with Crippen molar-refractivity contribution in [3.05, 3.63) is 58.7 Å². The van der Waals surface area contributed by atoms with Crippen LogP contribution in [0.3, 0.4) is 0 Å². The second-order valence-electron chi connectivity index (χ2n) is 6.88. The lowest BCUT2D eigenvalue weighted by Gasteiger charge is -2.17. The number of carbonyl (C=O) groups is 2. The van der Waals surface area contributed by atoms with Crippen molar-refractivity contribution in [2.75, 3.05) is 0 Å². The van der Waals surface area contributed by atoms with Gasteiger partial charge < -0.3 is 10.1 Å². The largest absolute Gasteiger partial charge is 0.481 e. The molecule has 0 radical (unpaired) electrons. The Kier molecular flexibility index (Phi) is 5.66. The molecule has 1 aliphatic carbocycles. The smallest absolute Gasteiger partial charge is 0.303 e. The summed E-state index contributed by atoms with van der Waals surface area (Å²) in [6, 6.07) is 5.97. The molecule has 0 bridgehead atoms. The van der Waals surface area contributed by atoms with Crippen molar-refractivity contribution >= 4 is 17.3 Å². The monoisotopic (exact) mass is 352 g/mol. The Bertz CT molecular complexity index is 849. The number of aromatic nitrogens is 2. The fourth-order valence-electron chi connectivity index (χ4n) is 3.38. The minimum Gasteiger partial charge on any atom is -0.481 e. The van der Waals surface area contributed by atoms with Gasteiger partial charge in [-0.15, -0.1) is 0 Å². The molecule has 5 heteroatoms. The van der Waals surface area contributed by atoms with Gasteiger partial charge in [0.15, 0.2) is 5.82 Å². The zero-order chi connectivity index (χ0) is 18.5. The molecule has 0 fully saturated rings. The minimum absolute atomic E-state index is 0.0333. The Morgan fingerprint density at radius 3 is 2.77 bits per heavy atom. The van der Waals surface area contributed by atoms with E-state index in [-0.39, 0.29) is 12.2 Å². The van der Waals surface area contributed by atoms with E-state index in [0.717, 1.165) is 41.6 Å². The second kappa shape index (κ2) is 8.13. The molecule has 1 aromatic carbocycles. The van der Waals surface area contributed by atoms with Gasteiger partial charge in [0.2, 0.25) is 5.78 Å². The standard InChI is InChI=1S/C21H24N2O3/c1-14-13-22-21(23-14)19(24)12-17-9-7-15(8-10-20(25)26)11-18(17)16-5-3-2-4-6-16/h5,7,9,11,13H,2-4,6,8,10,12H2,1H3,(H,22,23)(H,25,26). The van der Waals surface area contributed by atoms with Gasteiger partial charge in [-0.25, -0.2) is 4.98 Å². The first-order valence-electron chi connectivity index (χ1n) is 9.11. The number of carboxylic acids is 1. The number of ketones is 1. The van der Waals surface area contributed by atoms with Gasteiger partial charge in [0, 0.05) is 24.7 Å². The number of hydrogen-bond donors (Lipinski definition) is 2. The maximum Gasteiger partial charge on any atom is 0.303 e. The van der Waals surface area contributed by atoms with E-state index in [1.54, 1.807) is 6.20 Å².